The Kier molecular flexibility index (Phi) is 5.88. The molecule has 1 amide bonds. The van der Waals surface area contributed by atoms with Gasteiger partial charge in [-0.15, -0.1) is 0 Å². The predicted molar refractivity (Wildman–Crippen MR) is 119 cm³/mol. The van der Waals surface area contributed by atoms with E-state index in [1.807, 2.05) is 55.7 Å². The van der Waals surface area contributed by atoms with Crippen molar-refractivity contribution in [2.45, 2.75) is 51.0 Å². The summed E-state index contributed by atoms with van der Waals surface area (Å²) in [6.45, 7) is 2.77. The van der Waals surface area contributed by atoms with E-state index in [9.17, 15) is 4.79 Å². The molecule has 1 aliphatic carbocycles. The predicted octanol–water partition coefficient (Wildman–Crippen LogP) is 5.09. The van der Waals surface area contributed by atoms with Gasteiger partial charge in [-0.25, -0.2) is 4.98 Å². The second-order valence-electron chi connectivity index (χ2n) is 8.12. The highest BCUT2D eigenvalue weighted by Gasteiger charge is 2.41. The highest BCUT2D eigenvalue weighted by Crippen LogP contribution is 2.41. The van der Waals surface area contributed by atoms with E-state index in [1.54, 1.807) is 7.11 Å². The number of aryl methyl sites for hydroxylation is 1. The van der Waals surface area contributed by atoms with E-state index in [0.717, 1.165) is 55.1 Å². The molecule has 1 aromatic heterocycles. The molecule has 156 valence electrons. The maximum Gasteiger partial charge on any atom is 0.235 e. The number of anilines is 1. The van der Waals surface area contributed by atoms with Crippen LogP contribution in [0.3, 0.4) is 0 Å². The lowest BCUT2D eigenvalue weighted by Crippen LogP contribution is -2.42. The molecule has 0 unspecified atom stereocenters. The van der Waals surface area contributed by atoms with Crippen LogP contribution in [0.15, 0.2) is 60.9 Å². The molecule has 1 fully saturated rings. The van der Waals surface area contributed by atoms with E-state index in [2.05, 4.69) is 27.0 Å². The summed E-state index contributed by atoms with van der Waals surface area (Å²) < 4.78 is 7.40. The van der Waals surface area contributed by atoms with Gasteiger partial charge in [-0.1, -0.05) is 43.5 Å². The fourth-order valence-electron chi connectivity index (χ4n) is 4.42. The monoisotopic (exact) mass is 403 g/mol. The largest absolute Gasteiger partial charge is 0.497 e. The number of amides is 1. The van der Waals surface area contributed by atoms with Crippen molar-refractivity contribution in [3.63, 3.8) is 0 Å². The number of aromatic nitrogens is 2. The van der Waals surface area contributed by atoms with E-state index in [1.165, 1.54) is 12.0 Å². The average Bonchev–Trinajstić information content (AvgIpc) is 3.20. The molecule has 1 saturated carbocycles. The first-order chi connectivity index (χ1) is 14.6. The zero-order chi connectivity index (χ0) is 21.0. The number of imidazole rings is 1. The van der Waals surface area contributed by atoms with Gasteiger partial charge in [0.15, 0.2) is 0 Å². The standard InChI is InChI=1S/C25H29N3O2/c1-19-26-16-17-28(19)18-20-6-10-22(11-7-20)27-24(29)25(14-4-3-5-15-25)21-8-12-23(30-2)13-9-21/h6-13,16-17H,3-5,14-15,18H2,1-2H3,(H,27,29). The lowest BCUT2D eigenvalue weighted by Gasteiger charge is -2.36. The van der Waals surface area contributed by atoms with E-state index >= 15 is 0 Å². The summed E-state index contributed by atoms with van der Waals surface area (Å²) in [5, 5.41) is 3.19. The first-order valence-electron chi connectivity index (χ1n) is 10.6. The zero-order valence-electron chi connectivity index (χ0n) is 17.7. The second-order valence-corrected chi connectivity index (χ2v) is 8.12. The lowest BCUT2D eigenvalue weighted by atomic mass is 9.68. The normalized spacial score (nSPS) is 15.5. The number of rotatable bonds is 6. The Hall–Kier alpha value is -3.08. The third kappa shape index (κ3) is 4.11. The van der Waals surface area contributed by atoms with E-state index < -0.39 is 5.41 Å². The van der Waals surface area contributed by atoms with Gasteiger partial charge in [0.25, 0.3) is 0 Å². The van der Waals surface area contributed by atoms with Crippen LogP contribution in [0.25, 0.3) is 0 Å². The summed E-state index contributed by atoms with van der Waals surface area (Å²) in [5.74, 6) is 1.89. The number of carbonyl (C=O) groups is 1. The first kappa shape index (κ1) is 20.2. The Morgan fingerprint density at radius 1 is 1.07 bits per heavy atom. The molecule has 0 spiro atoms. The summed E-state index contributed by atoms with van der Waals surface area (Å²) in [6.07, 6.45) is 8.88. The third-order valence-corrected chi connectivity index (χ3v) is 6.27. The van der Waals surface area contributed by atoms with Gasteiger partial charge in [-0.2, -0.15) is 0 Å². The number of benzene rings is 2. The summed E-state index contributed by atoms with van der Waals surface area (Å²) >= 11 is 0. The fraction of sp³-hybridized carbons (Fsp3) is 0.360. The third-order valence-electron chi connectivity index (χ3n) is 6.27. The Morgan fingerprint density at radius 2 is 1.77 bits per heavy atom. The summed E-state index contributed by atoms with van der Waals surface area (Å²) in [6, 6.07) is 16.1. The van der Waals surface area contributed by atoms with Crippen LogP contribution in [0.2, 0.25) is 0 Å². The first-order valence-corrected chi connectivity index (χ1v) is 10.6. The summed E-state index contributed by atoms with van der Waals surface area (Å²) in [5.41, 5.74) is 2.62. The van der Waals surface area contributed by atoms with E-state index in [-0.39, 0.29) is 5.91 Å². The maximum absolute atomic E-state index is 13.5. The van der Waals surface area contributed by atoms with Crippen LogP contribution < -0.4 is 10.1 Å². The topological polar surface area (TPSA) is 56.1 Å². The van der Waals surface area contributed by atoms with Gasteiger partial charge in [0.05, 0.1) is 12.5 Å². The minimum atomic E-state index is -0.475. The number of methoxy groups -OCH3 is 1. The van der Waals surface area contributed by atoms with Crippen molar-refractivity contribution in [2.75, 3.05) is 12.4 Å². The average molecular weight is 404 g/mol. The molecule has 30 heavy (non-hydrogen) atoms. The minimum absolute atomic E-state index is 0.0885. The molecule has 0 bridgehead atoms. The molecule has 0 saturated heterocycles. The van der Waals surface area contributed by atoms with Crippen molar-refractivity contribution in [1.29, 1.82) is 0 Å². The second kappa shape index (κ2) is 8.74. The molecule has 5 nitrogen and oxygen atoms in total. The van der Waals surface area contributed by atoms with Crippen LogP contribution in [-0.2, 0) is 16.8 Å². The van der Waals surface area contributed by atoms with E-state index in [0.29, 0.717) is 0 Å². The number of hydrogen-bond donors (Lipinski definition) is 1. The fourth-order valence-corrected chi connectivity index (χ4v) is 4.42. The summed E-state index contributed by atoms with van der Waals surface area (Å²) in [7, 11) is 1.66. The molecule has 3 aromatic rings. The molecule has 0 atom stereocenters. The molecule has 0 radical (unpaired) electrons. The highest BCUT2D eigenvalue weighted by atomic mass is 16.5. The molecular weight excluding hydrogens is 374 g/mol. The van der Waals surface area contributed by atoms with Gasteiger partial charge >= 0.3 is 0 Å². The molecule has 2 aromatic carbocycles. The van der Waals surface area contributed by atoms with Gasteiger partial charge < -0.3 is 14.6 Å². The van der Waals surface area contributed by atoms with Crippen molar-refractivity contribution >= 4 is 11.6 Å². The molecule has 0 aliphatic heterocycles. The number of nitrogens with zero attached hydrogens (tertiary/aromatic N) is 2. The number of hydrogen-bond acceptors (Lipinski definition) is 3. The Bertz CT molecular complexity index is 984. The van der Waals surface area contributed by atoms with Crippen LogP contribution in [0.4, 0.5) is 5.69 Å². The molecule has 4 rings (SSSR count). The van der Waals surface area contributed by atoms with Gasteiger partial charge in [-0.3, -0.25) is 4.79 Å². The highest BCUT2D eigenvalue weighted by molar-refractivity contribution is 5.99. The van der Waals surface area contributed by atoms with Crippen LogP contribution in [0.1, 0.15) is 49.1 Å². The van der Waals surface area contributed by atoms with Crippen LogP contribution in [0, 0.1) is 6.92 Å². The Balaban J connectivity index is 1.51. The maximum atomic E-state index is 13.5. The Labute approximate surface area is 178 Å². The number of ether oxygens (including phenoxy) is 1. The smallest absolute Gasteiger partial charge is 0.235 e. The van der Waals surface area contributed by atoms with Gasteiger partial charge in [-0.05, 0) is 55.2 Å². The number of carbonyl (C=O) groups excluding carboxylic acids is 1. The minimum Gasteiger partial charge on any atom is -0.497 e. The van der Waals surface area contributed by atoms with Crippen molar-refractivity contribution in [1.82, 2.24) is 9.55 Å². The molecule has 1 N–H and O–H groups in total. The zero-order valence-corrected chi connectivity index (χ0v) is 17.7. The van der Waals surface area contributed by atoms with Gasteiger partial charge in [0.2, 0.25) is 5.91 Å². The van der Waals surface area contributed by atoms with Crippen molar-refractivity contribution in [3.8, 4) is 5.75 Å². The van der Waals surface area contributed by atoms with Crippen LogP contribution >= 0.6 is 0 Å². The Morgan fingerprint density at radius 3 is 2.37 bits per heavy atom. The van der Waals surface area contributed by atoms with Gasteiger partial charge in [0, 0.05) is 24.6 Å². The van der Waals surface area contributed by atoms with Crippen molar-refractivity contribution in [2.24, 2.45) is 0 Å². The summed E-state index contributed by atoms with van der Waals surface area (Å²) in [4.78, 5) is 17.7. The van der Waals surface area contributed by atoms with Crippen LogP contribution in [0.5, 0.6) is 5.75 Å². The molecule has 1 aliphatic rings. The van der Waals surface area contributed by atoms with Gasteiger partial charge in [0.1, 0.15) is 11.6 Å². The molecular formula is C25H29N3O2. The van der Waals surface area contributed by atoms with E-state index in [4.69, 9.17) is 4.74 Å². The molecule has 5 heteroatoms. The molecule has 1 heterocycles. The van der Waals surface area contributed by atoms with Crippen LogP contribution in [-0.4, -0.2) is 22.6 Å². The number of nitrogens with one attached hydrogen (secondary N) is 1. The van der Waals surface area contributed by atoms with Crippen molar-refractivity contribution < 1.29 is 9.53 Å². The SMILES string of the molecule is COc1ccc(C2(C(=O)Nc3ccc(Cn4ccnc4C)cc3)CCCCC2)cc1. The quantitative estimate of drug-likeness (QED) is 0.624. The lowest BCUT2D eigenvalue weighted by molar-refractivity contribution is -0.122. The van der Waals surface area contributed by atoms with Crippen molar-refractivity contribution in [3.05, 3.63) is 77.9 Å².